The molecule has 16 heavy (non-hydrogen) atoms. The van der Waals surface area contributed by atoms with Crippen LogP contribution in [0.3, 0.4) is 0 Å². The molecule has 0 atom stereocenters. The first kappa shape index (κ1) is 10.7. The second kappa shape index (κ2) is 4.38. The summed E-state index contributed by atoms with van der Waals surface area (Å²) in [7, 11) is 0. The van der Waals surface area contributed by atoms with Gasteiger partial charge >= 0.3 is 0 Å². The summed E-state index contributed by atoms with van der Waals surface area (Å²) in [6.45, 7) is 2.71. The summed E-state index contributed by atoms with van der Waals surface area (Å²) in [5, 5.41) is 13.4. The fourth-order valence-corrected chi connectivity index (χ4v) is 1.87. The Bertz CT molecular complexity index is 572. The first-order valence-corrected chi connectivity index (χ1v) is 5.38. The molecule has 0 fully saturated rings. The van der Waals surface area contributed by atoms with E-state index < -0.39 is 0 Å². The molecule has 0 saturated carbocycles. The van der Waals surface area contributed by atoms with Crippen molar-refractivity contribution in [2.75, 3.05) is 11.9 Å². The monoisotopic (exact) mass is 231 g/mol. The number of halogens is 1. The zero-order valence-electron chi connectivity index (χ0n) is 8.79. The number of nitrogens with zero attached hydrogens (tertiary/aromatic N) is 2. The molecular formula is C12H10ClN3. The fourth-order valence-electron chi connectivity index (χ4n) is 1.64. The van der Waals surface area contributed by atoms with Gasteiger partial charge in [0.2, 0.25) is 0 Å². The van der Waals surface area contributed by atoms with Gasteiger partial charge in [-0.1, -0.05) is 29.8 Å². The third kappa shape index (κ3) is 1.68. The molecule has 0 spiro atoms. The Labute approximate surface area is 98.7 Å². The summed E-state index contributed by atoms with van der Waals surface area (Å²) >= 11 is 5.97. The van der Waals surface area contributed by atoms with E-state index in [1.165, 1.54) is 0 Å². The molecule has 0 bridgehead atoms. The van der Waals surface area contributed by atoms with Gasteiger partial charge in [-0.2, -0.15) is 5.26 Å². The number of hydrogen-bond donors (Lipinski definition) is 1. The van der Waals surface area contributed by atoms with Crippen LogP contribution in [-0.2, 0) is 0 Å². The van der Waals surface area contributed by atoms with Crippen LogP contribution in [0.5, 0.6) is 0 Å². The minimum absolute atomic E-state index is 0.247. The van der Waals surface area contributed by atoms with Gasteiger partial charge in [0.05, 0.1) is 11.2 Å². The number of fused-ring (bicyclic) bond motifs is 1. The van der Waals surface area contributed by atoms with Crippen LogP contribution in [0, 0.1) is 11.3 Å². The molecule has 3 nitrogen and oxygen atoms in total. The molecule has 0 aliphatic carbocycles. The summed E-state index contributed by atoms with van der Waals surface area (Å²) in [4.78, 5) is 4.19. The second-order valence-corrected chi connectivity index (χ2v) is 3.67. The number of benzene rings is 1. The van der Waals surface area contributed by atoms with Crippen molar-refractivity contribution < 1.29 is 0 Å². The standard InChI is InChI=1S/C12H10ClN3/c1-2-15-11-8-5-3-4-6-10(8)16-12(13)9(11)7-14/h3-6H,2H2,1H3,(H,15,16). The lowest BCUT2D eigenvalue weighted by Gasteiger charge is -2.10. The van der Waals surface area contributed by atoms with Gasteiger partial charge in [-0.3, -0.25) is 0 Å². The highest BCUT2D eigenvalue weighted by molar-refractivity contribution is 6.31. The van der Waals surface area contributed by atoms with Gasteiger partial charge in [0, 0.05) is 11.9 Å². The molecule has 0 aliphatic heterocycles. The molecule has 1 heterocycles. The quantitative estimate of drug-likeness (QED) is 0.808. The van der Waals surface area contributed by atoms with Crippen molar-refractivity contribution in [1.82, 2.24) is 4.98 Å². The maximum absolute atomic E-state index is 9.07. The van der Waals surface area contributed by atoms with Crippen molar-refractivity contribution in [3.63, 3.8) is 0 Å². The number of hydrogen-bond acceptors (Lipinski definition) is 3. The molecular weight excluding hydrogens is 222 g/mol. The van der Waals surface area contributed by atoms with Crippen molar-refractivity contribution in [1.29, 1.82) is 5.26 Å². The molecule has 0 unspecified atom stereocenters. The number of para-hydroxylation sites is 1. The van der Waals surface area contributed by atoms with Crippen LogP contribution in [0.4, 0.5) is 5.69 Å². The number of nitriles is 1. The van der Waals surface area contributed by atoms with Gasteiger partial charge < -0.3 is 5.32 Å². The molecule has 1 aromatic carbocycles. The SMILES string of the molecule is CCNc1c(C#N)c(Cl)nc2ccccc12. The van der Waals surface area contributed by atoms with E-state index in [4.69, 9.17) is 16.9 Å². The smallest absolute Gasteiger partial charge is 0.149 e. The largest absolute Gasteiger partial charge is 0.384 e. The van der Waals surface area contributed by atoms with Crippen LogP contribution in [0.2, 0.25) is 5.15 Å². The van der Waals surface area contributed by atoms with E-state index in [1.807, 2.05) is 31.2 Å². The average Bonchev–Trinajstić information content (AvgIpc) is 2.29. The van der Waals surface area contributed by atoms with E-state index in [-0.39, 0.29) is 5.15 Å². The van der Waals surface area contributed by atoms with Crippen molar-refractivity contribution in [3.05, 3.63) is 35.0 Å². The lowest BCUT2D eigenvalue weighted by molar-refractivity contribution is 1.21. The molecule has 4 heteroatoms. The third-order valence-electron chi connectivity index (χ3n) is 2.31. The second-order valence-electron chi connectivity index (χ2n) is 3.31. The number of pyridine rings is 1. The van der Waals surface area contributed by atoms with Crippen molar-refractivity contribution in [2.24, 2.45) is 0 Å². The third-order valence-corrected chi connectivity index (χ3v) is 2.59. The minimum Gasteiger partial charge on any atom is -0.384 e. The summed E-state index contributed by atoms with van der Waals surface area (Å²) in [6, 6.07) is 9.70. The topological polar surface area (TPSA) is 48.7 Å². The number of anilines is 1. The predicted octanol–water partition coefficient (Wildman–Crippen LogP) is 3.19. The van der Waals surface area contributed by atoms with E-state index in [0.29, 0.717) is 5.56 Å². The van der Waals surface area contributed by atoms with Gasteiger partial charge in [0.25, 0.3) is 0 Å². The Balaban J connectivity index is 2.83. The highest BCUT2D eigenvalue weighted by Crippen LogP contribution is 2.30. The van der Waals surface area contributed by atoms with Crippen LogP contribution in [0.25, 0.3) is 10.9 Å². The van der Waals surface area contributed by atoms with Gasteiger partial charge in [-0.25, -0.2) is 4.98 Å². The molecule has 0 aliphatic rings. The first-order valence-electron chi connectivity index (χ1n) is 5.00. The summed E-state index contributed by atoms with van der Waals surface area (Å²) in [6.07, 6.45) is 0. The lowest BCUT2D eigenvalue weighted by atomic mass is 10.1. The van der Waals surface area contributed by atoms with Crippen molar-refractivity contribution >= 4 is 28.2 Å². The van der Waals surface area contributed by atoms with E-state index in [1.54, 1.807) is 0 Å². The van der Waals surface area contributed by atoms with Crippen molar-refractivity contribution in [3.8, 4) is 6.07 Å². The van der Waals surface area contributed by atoms with Gasteiger partial charge in [0.1, 0.15) is 16.8 Å². The molecule has 0 saturated heterocycles. The van der Waals surface area contributed by atoms with Gasteiger partial charge in [-0.05, 0) is 13.0 Å². The average molecular weight is 232 g/mol. The highest BCUT2D eigenvalue weighted by atomic mass is 35.5. The number of nitrogens with one attached hydrogen (secondary N) is 1. The summed E-state index contributed by atoms with van der Waals surface area (Å²) in [5.74, 6) is 0. The molecule has 1 aromatic heterocycles. The molecule has 2 rings (SSSR count). The zero-order valence-corrected chi connectivity index (χ0v) is 9.54. The van der Waals surface area contributed by atoms with E-state index >= 15 is 0 Å². The van der Waals surface area contributed by atoms with Gasteiger partial charge in [-0.15, -0.1) is 0 Å². The normalized spacial score (nSPS) is 10.1. The van der Waals surface area contributed by atoms with Gasteiger partial charge in [0.15, 0.2) is 0 Å². The van der Waals surface area contributed by atoms with Crippen LogP contribution in [0.15, 0.2) is 24.3 Å². The van der Waals surface area contributed by atoms with E-state index in [0.717, 1.165) is 23.1 Å². The zero-order chi connectivity index (χ0) is 11.5. The predicted molar refractivity (Wildman–Crippen MR) is 65.6 cm³/mol. The Morgan fingerprint density at radius 2 is 2.19 bits per heavy atom. The number of rotatable bonds is 2. The molecule has 0 radical (unpaired) electrons. The van der Waals surface area contributed by atoms with Crippen LogP contribution >= 0.6 is 11.6 Å². The number of aromatic nitrogens is 1. The van der Waals surface area contributed by atoms with E-state index in [9.17, 15) is 0 Å². The highest BCUT2D eigenvalue weighted by Gasteiger charge is 2.12. The molecule has 2 aromatic rings. The first-order chi connectivity index (χ1) is 7.77. The Kier molecular flexibility index (Phi) is 2.93. The van der Waals surface area contributed by atoms with Crippen LogP contribution < -0.4 is 5.32 Å². The molecule has 80 valence electrons. The van der Waals surface area contributed by atoms with Crippen LogP contribution in [0.1, 0.15) is 12.5 Å². The van der Waals surface area contributed by atoms with Crippen molar-refractivity contribution in [2.45, 2.75) is 6.92 Å². The molecule has 0 amide bonds. The summed E-state index contributed by atoms with van der Waals surface area (Å²) in [5.41, 5.74) is 1.96. The lowest BCUT2D eigenvalue weighted by Crippen LogP contribution is -2.02. The summed E-state index contributed by atoms with van der Waals surface area (Å²) < 4.78 is 0. The Morgan fingerprint density at radius 1 is 1.44 bits per heavy atom. The minimum atomic E-state index is 0.247. The maximum atomic E-state index is 9.07. The van der Waals surface area contributed by atoms with Crippen LogP contribution in [-0.4, -0.2) is 11.5 Å². The van der Waals surface area contributed by atoms with E-state index in [2.05, 4.69) is 16.4 Å². The molecule has 1 N–H and O–H groups in total. The maximum Gasteiger partial charge on any atom is 0.149 e. The Hall–Kier alpha value is -1.79. The Morgan fingerprint density at radius 3 is 2.88 bits per heavy atom. The fraction of sp³-hybridized carbons (Fsp3) is 0.167.